The lowest BCUT2D eigenvalue weighted by Crippen LogP contribution is -2.41. The lowest BCUT2D eigenvalue weighted by molar-refractivity contribution is 0.268. The van der Waals surface area contributed by atoms with E-state index < -0.39 is 13.4 Å². The van der Waals surface area contributed by atoms with Crippen molar-refractivity contribution in [1.29, 1.82) is 0 Å². The summed E-state index contributed by atoms with van der Waals surface area (Å²) in [5.41, 5.74) is 0. The standard InChI is InChI=1S/C6H12BF3NS/c1-11(5-7(8,9)10)6-2-3-12-4-6/h6H,2-5H2,1H3/q-1. The van der Waals surface area contributed by atoms with Gasteiger partial charge in [0.05, 0.1) is 0 Å². The monoisotopic (exact) mass is 198 g/mol. The van der Waals surface area contributed by atoms with Crippen molar-refractivity contribution < 1.29 is 12.9 Å². The second-order valence-electron chi connectivity index (χ2n) is 3.17. The Bertz CT molecular complexity index is 146. The Morgan fingerprint density at radius 1 is 1.50 bits per heavy atom. The quantitative estimate of drug-likeness (QED) is 0.636. The van der Waals surface area contributed by atoms with Gasteiger partial charge in [-0.25, -0.2) is 0 Å². The first-order chi connectivity index (χ1) is 5.49. The van der Waals surface area contributed by atoms with Gasteiger partial charge >= 0.3 is 6.98 Å². The number of halogens is 3. The molecule has 1 nitrogen and oxygen atoms in total. The van der Waals surface area contributed by atoms with Gasteiger partial charge in [0.2, 0.25) is 0 Å². The van der Waals surface area contributed by atoms with E-state index >= 15 is 0 Å². The van der Waals surface area contributed by atoms with Gasteiger partial charge in [-0.1, -0.05) is 0 Å². The van der Waals surface area contributed by atoms with Crippen molar-refractivity contribution in [3.05, 3.63) is 0 Å². The molecule has 1 saturated heterocycles. The second-order valence-corrected chi connectivity index (χ2v) is 4.32. The van der Waals surface area contributed by atoms with E-state index in [1.165, 1.54) is 4.90 Å². The average Bonchev–Trinajstić information content (AvgIpc) is 2.32. The van der Waals surface area contributed by atoms with Gasteiger partial charge in [0.1, 0.15) is 0 Å². The molecule has 1 rings (SSSR count). The summed E-state index contributed by atoms with van der Waals surface area (Å²) in [4.78, 5) is 1.43. The van der Waals surface area contributed by atoms with Crippen LogP contribution in [0.3, 0.4) is 0 Å². The third-order valence-corrected chi connectivity index (χ3v) is 3.17. The molecule has 0 aromatic heterocycles. The molecule has 12 heavy (non-hydrogen) atoms. The second kappa shape index (κ2) is 3.92. The molecular weight excluding hydrogens is 186 g/mol. The highest BCUT2D eigenvalue weighted by Gasteiger charge is 2.29. The summed E-state index contributed by atoms with van der Waals surface area (Å²) >= 11 is 1.73. The zero-order valence-electron chi connectivity index (χ0n) is 6.97. The maximum Gasteiger partial charge on any atom is 0.492 e. The molecule has 0 N–H and O–H groups in total. The van der Waals surface area contributed by atoms with Crippen molar-refractivity contribution >= 4 is 18.7 Å². The van der Waals surface area contributed by atoms with E-state index in [2.05, 4.69) is 0 Å². The normalized spacial score (nSPS) is 25.2. The van der Waals surface area contributed by atoms with E-state index in [-0.39, 0.29) is 6.04 Å². The first-order valence-electron chi connectivity index (χ1n) is 3.98. The minimum Gasteiger partial charge on any atom is -0.448 e. The third-order valence-electron chi connectivity index (χ3n) is 2.02. The van der Waals surface area contributed by atoms with Crippen LogP contribution in [0, 0.1) is 0 Å². The summed E-state index contributed by atoms with van der Waals surface area (Å²) in [6, 6.07) is 0.137. The van der Waals surface area contributed by atoms with Crippen LogP contribution in [0.25, 0.3) is 0 Å². The minimum atomic E-state index is -4.65. The Balaban J connectivity index is 2.31. The molecule has 1 unspecified atom stereocenters. The topological polar surface area (TPSA) is 3.24 Å². The van der Waals surface area contributed by atoms with Gasteiger partial charge < -0.3 is 17.8 Å². The van der Waals surface area contributed by atoms with Crippen LogP contribution in [0.5, 0.6) is 0 Å². The molecule has 0 radical (unpaired) electrons. The van der Waals surface area contributed by atoms with Crippen LogP contribution in [-0.4, -0.2) is 42.9 Å². The molecule has 0 aromatic carbocycles. The molecule has 0 aromatic rings. The largest absolute Gasteiger partial charge is 0.492 e. The van der Waals surface area contributed by atoms with E-state index in [9.17, 15) is 12.9 Å². The number of thioether (sulfide) groups is 1. The Kier molecular flexibility index (Phi) is 3.34. The molecule has 6 heteroatoms. The minimum absolute atomic E-state index is 0.137. The number of rotatable bonds is 3. The van der Waals surface area contributed by atoms with Crippen LogP contribution in [0.1, 0.15) is 6.42 Å². The van der Waals surface area contributed by atoms with Gasteiger partial charge in [0, 0.05) is 11.8 Å². The van der Waals surface area contributed by atoms with Crippen molar-refractivity contribution in [1.82, 2.24) is 4.90 Å². The van der Waals surface area contributed by atoms with Crippen LogP contribution in [0.4, 0.5) is 12.9 Å². The van der Waals surface area contributed by atoms with Crippen LogP contribution in [0.2, 0.25) is 0 Å². The Morgan fingerprint density at radius 3 is 2.58 bits per heavy atom. The summed E-state index contributed by atoms with van der Waals surface area (Å²) in [7, 11) is 1.56. The molecule has 1 atom stereocenters. The maximum atomic E-state index is 12.0. The average molecular weight is 198 g/mol. The Morgan fingerprint density at radius 2 is 2.17 bits per heavy atom. The highest BCUT2D eigenvalue weighted by atomic mass is 32.2. The Labute approximate surface area is 74.7 Å². The van der Waals surface area contributed by atoms with Crippen molar-refractivity contribution in [3.8, 4) is 0 Å². The first-order valence-corrected chi connectivity index (χ1v) is 5.13. The zero-order chi connectivity index (χ0) is 9.19. The number of hydrogen-bond donors (Lipinski definition) is 0. The predicted octanol–water partition coefficient (Wildman–Crippen LogP) is 1.81. The summed E-state index contributed by atoms with van der Waals surface area (Å²) in [5.74, 6) is 1.85. The molecule has 1 heterocycles. The van der Waals surface area contributed by atoms with Crippen molar-refractivity contribution in [3.63, 3.8) is 0 Å². The highest BCUT2D eigenvalue weighted by molar-refractivity contribution is 7.99. The van der Waals surface area contributed by atoms with E-state index in [0.717, 1.165) is 17.9 Å². The summed E-state index contributed by atoms with van der Waals surface area (Å²) in [5, 5.41) is 0. The lowest BCUT2D eigenvalue weighted by Gasteiger charge is -2.28. The number of nitrogens with zero attached hydrogens (tertiary/aromatic N) is 1. The van der Waals surface area contributed by atoms with Crippen molar-refractivity contribution in [2.24, 2.45) is 0 Å². The third kappa shape index (κ3) is 3.27. The van der Waals surface area contributed by atoms with Gasteiger partial charge in [-0.2, -0.15) is 11.8 Å². The van der Waals surface area contributed by atoms with E-state index in [0.29, 0.717) is 0 Å². The molecule has 1 aliphatic heterocycles. The predicted molar refractivity (Wildman–Crippen MR) is 47.4 cm³/mol. The molecule has 0 spiro atoms. The fourth-order valence-corrected chi connectivity index (χ4v) is 2.64. The van der Waals surface area contributed by atoms with Crippen molar-refractivity contribution in [2.45, 2.75) is 12.5 Å². The fraction of sp³-hybridized carbons (Fsp3) is 1.00. The smallest absolute Gasteiger partial charge is 0.448 e. The summed E-state index contributed by atoms with van der Waals surface area (Å²) in [6.45, 7) is -4.65. The molecule has 0 amide bonds. The maximum absolute atomic E-state index is 12.0. The number of hydrogen-bond acceptors (Lipinski definition) is 2. The summed E-state index contributed by atoms with van der Waals surface area (Å²) in [6.07, 6.45) is 0.179. The molecule has 0 aliphatic carbocycles. The zero-order valence-corrected chi connectivity index (χ0v) is 7.79. The van der Waals surface area contributed by atoms with E-state index in [4.69, 9.17) is 0 Å². The van der Waals surface area contributed by atoms with Gasteiger partial charge in [-0.15, -0.1) is 0 Å². The molecule has 0 bridgehead atoms. The van der Waals surface area contributed by atoms with Crippen LogP contribution in [0.15, 0.2) is 0 Å². The van der Waals surface area contributed by atoms with Gasteiger partial charge in [0.25, 0.3) is 0 Å². The summed E-state index contributed by atoms with van der Waals surface area (Å²) < 4.78 is 35.9. The first kappa shape index (κ1) is 10.2. The highest BCUT2D eigenvalue weighted by Crippen LogP contribution is 2.22. The van der Waals surface area contributed by atoms with E-state index in [1.807, 2.05) is 0 Å². The molecule has 1 fully saturated rings. The molecule has 0 saturated carbocycles. The van der Waals surface area contributed by atoms with Gasteiger partial charge in [-0.05, 0) is 25.7 Å². The SMILES string of the molecule is CN(C[B-](F)(F)F)C1CCSC1. The molecule has 72 valence electrons. The van der Waals surface area contributed by atoms with Crippen LogP contribution in [-0.2, 0) is 0 Å². The van der Waals surface area contributed by atoms with Crippen LogP contribution < -0.4 is 0 Å². The van der Waals surface area contributed by atoms with Gasteiger partial charge in [0.15, 0.2) is 0 Å². The Hall–Kier alpha value is 0.165. The molecule has 1 aliphatic rings. The fourth-order valence-electron chi connectivity index (χ4n) is 1.35. The van der Waals surface area contributed by atoms with Crippen molar-refractivity contribution in [2.75, 3.05) is 25.0 Å². The van der Waals surface area contributed by atoms with Gasteiger partial charge in [-0.3, -0.25) is 0 Å². The molecular formula is C6H12BF3NS-. The van der Waals surface area contributed by atoms with E-state index in [1.54, 1.807) is 18.8 Å². The lowest BCUT2D eigenvalue weighted by atomic mass is 9.90. The van der Waals surface area contributed by atoms with Crippen LogP contribution >= 0.6 is 11.8 Å².